The summed E-state index contributed by atoms with van der Waals surface area (Å²) in [5.74, 6) is 1.64. The second-order valence-corrected chi connectivity index (χ2v) is 8.81. The van der Waals surface area contributed by atoms with Crippen molar-refractivity contribution in [2.24, 2.45) is 0 Å². The summed E-state index contributed by atoms with van der Waals surface area (Å²) in [6, 6.07) is 14.4. The summed E-state index contributed by atoms with van der Waals surface area (Å²) in [6.45, 7) is 2.55. The van der Waals surface area contributed by atoms with E-state index in [4.69, 9.17) is 9.84 Å². The Hall–Kier alpha value is -3.86. The van der Waals surface area contributed by atoms with E-state index < -0.39 is 6.09 Å². The fourth-order valence-corrected chi connectivity index (χ4v) is 4.01. The quantitative estimate of drug-likeness (QED) is 0.479. The molecule has 2 aromatic heterocycles. The maximum absolute atomic E-state index is 12.7. The zero-order valence-electron chi connectivity index (χ0n) is 19.1. The van der Waals surface area contributed by atoms with Gasteiger partial charge in [-0.3, -0.25) is 4.90 Å². The van der Waals surface area contributed by atoms with Crippen LogP contribution in [0.3, 0.4) is 0 Å². The average Bonchev–Trinajstić information content (AvgIpc) is 2.87. The summed E-state index contributed by atoms with van der Waals surface area (Å²) < 4.78 is 6.94. The minimum Gasteiger partial charge on any atom is -0.485 e. The molecule has 0 saturated carbocycles. The van der Waals surface area contributed by atoms with Gasteiger partial charge >= 0.3 is 12.1 Å². The van der Waals surface area contributed by atoms with Crippen molar-refractivity contribution < 1.29 is 19.4 Å². The van der Waals surface area contributed by atoms with Gasteiger partial charge in [0.2, 0.25) is 0 Å². The molecule has 182 valence electrons. The number of aromatic nitrogens is 2. The molecule has 2 N–H and O–H groups in total. The number of carboxylic acid groups (broad SMARTS) is 1. The van der Waals surface area contributed by atoms with Crippen LogP contribution in [0.4, 0.5) is 26.9 Å². The van der Waals surface area contributed by atoms with Crippen molar-refractivity contribution in [2.45, 2.75) is 6.61 Å². The first-order valence-electron chi connectivity index (χ1n) is 11.0. The lowest BCUT2D eigenvalue weighted by Crippen LogP contribution is -2.50. The average molecular weight is 541 g/mol. The first-order chi connectivity index (χ1) is 16.9. The third-order valence-corrected chi connectivity index (χ3v) is 6.02. The van der Waals surface area contributed by atoms with Gasteiger partial charge in [0.1, 0.15) is 12.4 Å². The van der Waals surface area contributed by atoms with E-state index in [1.807, 2.05) is 30.3 Å². The topological polar surface area (TPSA) is 111 Å². The standard InChI is InChI=1S/C24H25BrN6O4/c1-29(24(33)34)21-14-17(7-9-26-21)16-35-20-6-3-8-27-22(20)30-10-12-31(13-11-30)23(32)28-19-5-2-4-18(25)15-19/h2-9,14-15H,10-13,16H2,1H3,(H,28,32)(H,33,34). The number of carbonyl (C=O) groups excluding carboxylic acids is 1. The Labute approximate surface area is 211 Å². The molecule has 4 rings (SSSR count). The van der Waals surface area contributed by atoms with Crippen LogP contribution < -0.4 is 19.9 Å². The van der Waals surface area contributed by atoms with Crippen LogP contribution in [0.1, 0.15) is 5.56 Å². The van der Waals surface area contributed by atoms with Crippen molar-refractivity contribution in [2.75, 3.05) is 48.3 Å². The minimum atomic E-state index is -1.09. The maximum atomic E-state index is 12.7. The second-order valence-electron chi connectivity index (χ2n) is 7.89. The number of pyridine rings is 2. The van der Waals surface area contributed by atoms with Crippen molar-refractivity contribution in [3.8, 4) is 5.75 Å². The summed E-state index contributed by atoms with van der Waals surface area (Å²) >= 11 is 3.41. The van der Waals surface area contributed by atoms with Gasteiger partial charge in [-0.1, -0.05) is 22.0 Å². The van der Waals surface area contributed by atoms with Gasteiger partial charge in [-0.25, -0.2) is 19.6 Å². The Bertz CT molecular complexity index is 1200. The molecule has 3 amide bonds. The number of urea groups is 1. The molecule has 1 aliphatic heterocycles. The molecule has 0 aliphatic carbocycles. The van der Waals surface area contributed by atoms with Crippen LogP contribution in [0, 0.1) is 0 Å². The van der Waals surface area contributed by atoms with Crippen molar-refractivity contribution in [3.05, 3.63) is 71.0 Å². The number of carbonyl (C=O) groups is 2. The largest absolute Gasteiger partial charge is 0.485 e. The smallest absolute Gasteiger partial charge is 0.412 e. The Kier molecular flexibility index (Phi) is 7.66. The number of anilines is 3. The number of hydrogen-bond donors (Lipinski definition) is 2. The third kappa shape index (κ3) is 6.18. The highest BCUT2D eigenvalue weighted by molar-refractivity contribution is 9.10. The zero-order valence-corrected chi connectivity index (χ0v) is 20.7. The number of hydrogen-bond acceptors (Lipinski definition) is 6. The minimum absolute atomic E-state index is 0.139. The van der Waals surface area contributed by atoms with E-state index in [-0.39, 0.29) is 12.6 Å². The van der Waals surface area contributed by atoms with Crippen LogP contribution in [0.5, 0.6) is 5.75 Å². The lowest BCUT2D eigenvalue weighted by atomic mass is 10.2. The van der Waals surface area contributed by atoms with Crippen LogP contribution in [0.15, 0.2) is 65.4 Å². The first-order valence-corrected chi connectivity index (χ1v) is 11.8. The monoisotopic (exact) mass is 540 g/mol. The van der Waals surface area contributed by atoms with Gasteiger partial charge < -0.3 is 25.0 Å². The van der Waals surface area contributed by atoms with E-state index >= 15 is 0 Å². The summed E-state index contributed by atoms with van der Waals surface area (Å²) in [6.07, 6.45) is 2.17. The Morgan fingerprint density at radius 1 is 1.09 bits per heavy atom. The Balaban J connectivity index is 1.36. The van der Waals surface area contributed by atoms with Gasteiger partial charge in [0.15, 0.2) is 11.6 Å². The molecule has 0 spiro atoms. The van der Waals surface area contributed by atoms with Gasteiger partial charge in [-0.05, 0) is 48.0 Å². The maximum Gasteiger partial charge on any atom is 0.412 e. The van der Waals surface area contributed by atoms with Crippen LogP contribution in [0.25, 0.3) is 0 Å². The van der Waals surface area contributed by atoms with Crippen molar-refractivity contribution in [3.63, 3.8) is 0 Å². The highest BCUT2D eigenvalue weighted by atomic mass is 79.9. The fraction of sp³-hybridized carbons (Fsp3) is 0.250. The molecule has 1 aliphatic rings. The summed E-state index contributed by atoms with van der Waals surface area (Å²) in [5.41, 5.74) is 1.52. The highest BCUT2D eigenvalue weighted by Gasteiger charge is 2.24. The summed E-state index contributed by atoms with van der Waals surface area (Å²) in [5, 5.41) is 12.1. The molecule has 11 heteroatoms. The second kappa shape index (κ2) is 11.0. The van der Waals surface area contributed by atoms with Gasteiger partial charge in [0.25, 0.3) is 0 Å². The predicted octanol–water partition coefficient (Wildman–Crippen LogP) is 4.29. The number of nitrogens with one attached hydrogen (secondary N) is 1. The lowest BCUT2D eigenvalue weighted by molar-refractivity contribution is 0.203. The van der Waals surface area contributed by atoms with E-state index in [0.717, 1.165) is 20.6 Å². The fourth-order valence-electron chi connectivity index (χ4n) is 3.62. The van der Waals surface area contributed by atoms with E-state index in [1.54, 1.807) is 35.5 Å². The molecule has 1 saturated heterocycles. The van der Waals surface area contributed by atoms with Crippen LogP contribution >= 0.6 is 15.9 Å². The molecule has 10 nitrogen and oxygen atoms in total. The number of nitrogens with zero attached hydrogens (tertiary/aromatic N) is 5. The molecule has 3 aromatic rings. The summed E-state index contributed by atoms with van der Waals surface area (Å²) in [4.78, 5) is 37.4. The van der Waals surface area contributed by atoms with Gasteiger partial charge in [-0.2, -0.15) is 0 Å². The molecule has 1 aromatic carbocycles. The van der Waals surface area contributed by atoms with E-state index in [2.05, 4.69) is 36.1 Å². The van der Waals surface area contributed by atoms with Crippen LogP contribution in [-0.2, 0) is 6.61 Å². The zero-order chi connectivity index (χ0) is 24.8. The van der Waals surface area contributed by atoms with Crippen molar-refractivity contribution >= 4 is 45.4 Å². The van der Waals surface area contributed by atoms with E-state index in [9.17, 15) is 9.59 Å². The van der Waals surface area contributed by atoms with Crippen LogP contribution in [0.2, 0.25) is 0 Å². The number of benzene rings is 1. The molecule has 0 radical (unpaired) electrons. The SMILES string of the molecule is CN(C(=O)O)c1cc(COc2cccnc2N2CCN(C(=O)Nc3cccc(Br)c3)CC2)ccn1. The molecule has 0 atom stereocenters. The van der Waals surface area contributed by atoms with Crippen molar-refractivity contribution in [1.82, 2.24) is 14.9 Å². The van der Waals surface area contributed by atoms with E-state index in [1.165, 1.54) is 7.05 Å². The van der Waals surface area contributed by atoms with E-state index in [0.29, 0.717) is 43.6 Å². The van der Waals surface area contributed by atoms with Crippen molar-refractivity contribution in [1.29, 1.82) is 0 Å². The molecule has 3 heterocycles. The number of rotatable bonds is 6. The Morgan fingerprint density at radius 2 is 1.89 bits per heavy atom. The summed E-state index contributed by atoms with van der Waals surface area (Å²) in [7, 11) is 1.44. The van der Waals surface area contributed by atoms with Gasteiger partial charge in [0.05, 0.1) is 0 Å². The van der Waals surface area contributed by atoms with Gasteiger partial charge in [-0.15, -0.1) is 0 Å². The molecule has 35 heavy (non-hydrogen) atoms. The first kappa shape index (κ1) is 24.3. The lowest BCUT2D eigenvalue weighted by Gasteiger charge is -2.35. The number of halogens is 1. The third-order valence-electron chi connectivity index (χ3n) is 5.53. The normalized spacial score (nSPS) is 13.3. The molecular weight excluding hydrogens is 516 g/mol. The molecule has 0 unspecified atom stereocenters. The number of piperazine rings is 1. The molecule has 0 bridgehead atoms. The highest BCUT2D eigenvalue weighted by Crippen LogP contribution is 2.27. The Morgan fingerprint density at radius 3 is 2.63 bits per heavy atom. The van der Waals surface area contributed by atoms with Gasteiger partial charge in [0, 0.05) is 55.8 Å². The number of amides is 3. The van der Waals surface area contributed by atoms with Crippen LogP contribution in [-0.4, -0.2) is 65.3 Å². The molecule has 1 fully saturated rings. The molecular formula is C24H25BrN6O4. The predicted molar refractivity (Wildman–Crippen MR) is 136 cm³/mol. The number of ether oxygens (including phenoxy) is 1.